The Morgan fingerprint density at radius 2 is 1.94 bits per heavy atom. The molecule has 0 spiro atoms. The van der Waals surface area contributed by atoms with Gasteiger partial charge in [0, 0.05) is 12.8 Å². The second kappa shape index (κ2) is 4.78. The Kier molecular flexibility index (Phi) is 3.34. The molecule has 1 aromatic carbocycles. The van der Waals surface area contributed by atoms with E-state index in [1.807, 2.05) is 6.92 Å². The molecule has 0 saturated heterocycles. The molecule has 1 aliphatic rings. The van der Waals surface area contributed by atoms with Gasteiger partial charge in [-0.15, -0.1) is 0 Å². The molecule has 0 saturated carbocycles. The van der Waals surface area contributed by atoms with Gasteiger partial charge in [0.05, 0.1) is 23.8 Å². The van der Waals surface area contributed by atoms with E-state index in [0.717, 1.165) is 0 Å². The van der Waals surface area contributed by atoms with Crippen LogP contribution in [0.1, 0.15) is 34.1 Å². The van der Waals surface area contributed by atoms with Gasteiger partial charge >= 0.3 is 0 Å². The molecule has 96 valence electrons. The van der Waals surface area contributed by atoms with Crippen molar-refractivity contribution in [3.63, 3.8) is 0 Å². The third-order valence-corrected chi connectivity index (χ3v) is 3.14. The monoisotopic (exact) mass is 248 g/mol. The molecule has 0 aliphatic carbocycles. The molecule has 2 N–H and O–H groups in total. The lowest BCUT2D eigenvalue weighted by atomic mass is 10.1. The zero-order valence-corrected chi connectivity index (χ0v) is 10.5. The number of imide groups is 1. The van der Waals surface area contributed by atoms with Gasteiger partial charge in [0.1, 0.15) is 0 Å². The number of nitrogens with two attached hydrogens (primary N) is 1. The van der Waals surface area contributed by atoms with E-state index in [1.54, 1.807) is 25.3 Å². The highest BCUT2D eigenvalue weighted by Gasteiger charge is 2.39. The third-order valence-electron chi connectivity index (χ3n) is 3.14. The zero-order valence-electron chi connectivity index (χ0n) is 10.5. The number of fused-ring (bicyclic) bond motifs is 1. The maximum atomic E-state index is 12.2. The van der Waals surface area contributed by atoms with E-state index in [0.29, 0.717) is 29.8 Å². The number of benzene rings is 1. The largest absolute Gasteiger partial charge is 0.399 e. The summed E-state index contributed by atoms with van der Waals surface area (Å²) in [4.78, 5) is 25.7. The van der Waals surface area contributed by atoms with Crippen LogP contribution < -0.4 is 5.73 Å². The number of anilines is 1. The molecule has 5 heteroatoms. The smallest absolute Gasteiger partial charge is 0.261 e. The normalized spacial score (nSPS) is 16.0. The van der Waals surface area contributed by atoms with Gasteiger partial charge in [-0.1, -0.05) is 6.92 Å². The quantitative estimate of drug-likeness (QED) is 0.643. The second-order valence-electron chi connectivity index (χ2n) is 4.30. The Bertz CT molecular complexity index is 499. The van der Waals surface area contributed by atoms with Gasteiger partial charge in [-0.2, -0.15) is 0 Å². The van der Waals surface area contributed by atoms with Gasteiger partial charge in [0.15, 0.2) is 0 Å². The number of rotatable bonds is 4. The summed E-state index contributed by atoms with van der Waals surface area (Å²) >= 11 is 0. The van der Waals surface area contributed by atoms with Gasteiger partial charge in [0.25, 0.3) is 11.8 Å². The van der Waals surface area contributed by atoms with Gasteiger partial charge in [-0.25, -0.2) is 0 Å². The Morgan fingerprint density at radius 1 is 1.28 bits per heavy atom. The van der Waals surface area contributed by atoms with Crippen molar-refractivity contribution in [1.29, 1.82) is 0 Å². The molecule has 1 atom stereocenters. The van der Waals surface area contributed by atoms with E-state index in [1.165, 1.54) is 4.90 Å². The fourth-order valence-electron chi connectivity index (χ4n) is 2.18. The van der Waals surface area contributed by atoms with E-state index in [4.69, 9.17) is 10.5 Å². The van der Waals surface area contributed by atoms with Gasteiger partial charge in [0.2, 0.25) is 0 Å². The van der Waals surface area contributed by atoms with E-state index in [9.17, 15) is 9.59 Å². The number of hydrogen-bond acceptors (Lipinski definition) is 4. The van der Waals surface area contributed by atoms with Crippen LogP contribution in [0.4, 0.5) is 5.69 Å². The van der Waals surface area contributed by atoms with Crippen LogP contribution in [0.2, 0.25) is 0 Å². The molecular formula is C13H16N2O3. The number of methoxy groups -OCH3 is 1. The van der Waals surface area contributed by atoms with E-state index in [2.05, 4.69) is 0 Å². The summed E-state index contributed by atoms with van der Waals surface area (Å²) in [5, 5.41) is 0. The van der Waals surface area contributed by atoms with Crippen LogP contribution in [-0.4, -0.2) is 36.5 Å². The Labute approximate surface area is 106 Å². The van der Waals surface area contributed by atoms with Crippen LogP contribution in [0.3, 0.4) is 0 Å². The van der Waals surface area contributed by atoms with Crippen molar-refractivity contribution in [3.05, 3.63) is 29.3 Å². The average Bonchev–Trinajstić information content (AvgIpc) is 2.59. The van der Waals surface area contributed by atoms with Crippen molar-refractivity contribution in [3.8, 4) is 0 Å². The summed E-state index contributed by atoms with van der Waals surface area (Å²) in [5.74, 6) is -0.551. The van der Waals surface area contributed by atoms with Gasteiger partial charge in [-0.05, 0) is 24.6 Å². The molecule has 2 amide bonds. The molecule has 0 fully saturated rings. The SMILES string of the molecule is CCC(COC)N1C(=O)c2ccc(N)cc2C1=O. The van der Waals surface area contributed by atoms with Gasteiger partial charge in [-0.3, -0.25) is 14.5 Å². The summed E-state index contributed by atoms with van der Waals surface area (Å²) in [6, 6.07) is 4.55. The Morgan fingerprint density at radius 3 is 2.56 bits per heavy atom. The molecule has 0 radical (unpaired) electrons. The molecule has 1 heterocycles. The van der Waals surface area contributed by atoms with Crippen molar-refractivity contribution in [2.24, 2.45) is 0 Å². The van der Waals surface area contributed by atoms with Crippen LogP contribution in [0.25, 0.3) is 0 Å². The van der Waals surface area contributed by atoms with Crippen LogP contribution in [0, 0.1) is 0 Å². The molecule has 2 rings (SSSR count). The summed E-state index contributed by atoms with van der Waals surface area (Å²) < 4.78 is 5.06. The minimum absolute atomic E-state index is 0.233. The lowest BCUT2D eigenvalue weighted by molar-refractivity contribution is 0.0466. The first-order valence-electron chi connectivity index (χ1n) is 5.86. The summed E-state index contributed by atoms with van der Waals surface area (Å²) in [7, 11) is 1.55. The number of nitrogens with zero attached hydrogens (tertiary/aromatic N) is 1. The molecule has 5 nitrogen and oxygen atoms in total. The average molecular weight is 248 g/mol. The molecule has 1 aliphatic heterocycles. The summed E-state index contributed by atoms with van der Waals surface area (Å²) in [5.41, 5.74) is 6.93. The van der Waals surface area contributed by atoms with E-state index < -0.39 is 0 Å². The lowest BCUT2D eigenvalue weighted by Gasteiger charge is -2.24. The third kappa shape index (κ3) is 1.86. The maximum Gasteiger partial charge on any atom is 0.261 e. The standard InChI is InChI=1S/C13H16N2O3/c1-3-9(7-18-2)15-12(16)10-5-4-8(14)6-11(10)13(15)17/h4-6,9H,3,7,14H2,1-2H3. The highest BCUT2D eigenvalue weighted by atomic mass is 16.5. The molecule has 18 heavy (non-hydrogen) atoms. The Hall–Kier alpha value is -1.88. The van der Waals surface area contributed by atoms with Crippen molar-refractivity contribution in [2.75, 3.05) is 19.5 Å². The predicted molar refractivity (Wildman–Crippen MR) is 67.3 cm³/mol. The summed E-state index contributed by atoms with van der Waals surface area (Å²) in [6.45, 7) is 2.26. The number of nitrogen functional groups attached to an aromatic ring is 1. The van der Waals surface area contributed by atoms with Crippen LogP contribution in [-0.2, 0) is 4.74 Å². The van der Waals surface area contributed by atoms with Gasteiger partial charge < -0.3 is 10.5 Å². The van der Waals surface area contributed by atoms with E-state index >= 15 is 0 Å². The minimum Gasteiger partial charge on any atom is -0.399 e. The number of ether oxygens (including phenoxy) is 1. The first-order valence-corrected chi connectivity index (χ1v) is 5.86. The highest BCUT2D eigenvalue weighted by molar-refractivity contribution is 6.21. The molecule has 1 unspecified atom stereocenters. The molecule has 1 aromatic rings. The first kappa shape index (κ1) is 12.6. The predicted octanol–water partition coefficient (Wildman–Crippen LogP) is 1.29. The minimum atomic E-state index is -0.286. The van der Waals surface area contributed by atoms with Crippen molar-refractivity contribution < 1.29 is 14.3 Å². The maximum absolute atomic E-state index is 12.2. The van der Waals surface area contributed by atoms with E-state index in [-0.39, 0.29) is 17.9 Å². The second-order valence-corrected chi connectivity index (χ2v) is 4.30. The topological polar surface area (TPSA) is 72.6 Å². The fraction of sp³-hybridized carbons (Fsp3) is 0.385. The number of carbonyl (C=O) groups is 2. The highest BCUT2D eigenvalue weighted by Crippen LogP contribution is 2.27. The zero-order chi connectivity index (χ0) is 13.3. The van der Waals surface area contributed by atoms with Crippen molar-refractivity contribution in [1.82, 2.24) is 4.90 Å². The van der Waals surface area contributed by atoms with Crippen molar-refractivity contribution in [2.45, 2.75) is 19.4 Å². The van der Waals surface area contributed by atoms with Crippen LogP contribution >= 0.6 is 0 Å². The lowest BCUT2D eigenvalue weighted by Crippen LogP contribution is -2.42. The van der Waals surface area contributed by atoms with Crippen molar-refractivity contribution >= 4 is 17.5 Å². The van der Waals surface area contributed by atoms with Crippen LogP contribution in [0.15, 0.2) is 18.2 Å². The number of hydrogen-bond donors (Lipinski definition) is 1. The molecule has 0 aromatic heterocycles. The van der Waals surface area contributed by atoms with Crippen LogP contribution in [0.5, 0.6) is 0 Å². The number of amides is 2. The molecule has 0 bridgehead atoms. The first-order chi connectivity index (χ1) is 8.60. The summed E-state index contributed by atoms with van der Waals surface area (Å²) in [6.07, 6.45) is 0.661. The molecular weight excluding hydrogens is 232 g/mol. The fourth-order valence-corrected chi connectivity index (χ4v) is 2.18. The number of carbonyl (C=O) groups excluding carboxylic acids is 2. The Balaban J connectivity index is 2.38.